The maximum atomic E-state index is 12.8. The average Bonchev–Trinajstić information content (AvgIpc) is 2.06. The van der Waals surface area contributed by atoms with Crippen LogP contribution in [-0.4, -0.2) is 10.6 Å². The van der Waals surface area contributed by atoms with Gasteiger partial charge in [-0.15, -0.1) is 0 Å². The molecule has 0 heterocycles. The van der Waals surface area contributed by atoms with Crippen molar-refractivity contribution in [1.29, 1.82) is 0 Å². The van der Waals surface area contributed by atoms with Gasteiger partial charge in [-0.25, -0.2) is 0 Å². The minimum Gasteiger partial charge on any atom is -0.399 e. The lowest BCUT2D eigenvalue weighted by Gasteiger charge is -2.19. The Morgan fingerprint density at radius 3 is 1.93 bits per heavy atom. The van der Waals surface area contributed by atoms with E-state index in [-0.39, 0.29) is 16.7 Å². The minimum atomic E-state index is -4.58. The third kappa shape index (κ3) is 3.17. The van der Waals surface area contributed by atoms with Crippen molar-refractivity contribution < 1.29 is 17.6 Å². The average molecular weight is 260 g/mol. The second-order valence-electron chi connectivity index (χ2n) is 2.69. The summed E-state index contributed by atoms with van der Waals surface area (Å²) < 4.78 is 50.0. The Morgan fingerprint density at radius 1 is 1.07 bits per heavy atom. The van der Waals surface area contributed by atoms with Crippen LogP contribution < -0.4 is 5.73 Å². The van der Waals surface area contributed by atoms with Crippen LogP contribution in [0, 0.1) is 0 Å². The summed E-state index contributed by atoms with van der Waals surface area (Å²) in [5.41, 5.74) is 5.67. The summed E-state index contributed by atoms with van der Waals surface area (Å²) in [5, 5.41) is -8.94. The maximum absolute atomic E-state index is 12.8. The van der Waals surface area contributed by atoms with Crippen molar-refractivity contribution in [3.05, 3.63) is 24.3 Å². The van der Waals surface area contributed by atoms with E-state index in [2.05, 4.69) is 11.6 Å². The van der Waals surface area contributed by atoms with Crippen LogP contribution in [0.2, 0.25) is 0 Å². The Bertz CT molecular complexity index is 335. The van der Waals surface area contributed by atoms with Gasteiger partial charge in [-0.1, -0.05) is 0 Å². The van der Waals surface area contributed by atoms with Crippen molar-refractivity contribution in [3.8, 4) is 0 Å². The molecule has 0 fully saturated rings. The number of hydrogen-bond acceptors (Lipinski definition) is 2. The Balaban J connectivity index is 2.82. The number of halogens is 5. The molecule has 0 aromatic heterocycles. The topological polar surface area (TPSA) is 26.0 Å². The van der Waals surface area contributed by atoms with E-state index in [0.717, 1.165) is 0 Å². The van der Waals surface area contributed by atoms with Crippen molar-refractivity contribution >= 4 is 29.1 Å². The molecule has 0 aliphatic rings. The zero-order chi connectivity index (χ0) is 11.7. The quantitative estimate of drug-likeness (QED) is 0.387. The highest BCUT2D eigenvalue weighted by molar-refractivity contribution is 8.00. The first-order valence-electron chi connectivity index (χ1n) is 3.71. The van der Waals surface area contributed by atoms with Crippen molar-refractivity contribution in [2.75, 3.05) is 5.73 Å². The molecule has 0 atom stereocenters. The van der Waals surface area contributed by atoms with Gasteiger partial charge in [-0.2, -0.15) is 17.6 Å². The molecule has 0 aliphatic carbocycles. The maximum Gasteiger partial charge on any atom is 0.394 e. The van der Waals surface area contributed by atoms with Gasteiger partial charge in [0.05, 0.1) is 0 Å². The van der Waals surface area contributed by atoms with E-state index >= 15 is 0 Å². The Morgan fingerprint density at radius 2 is 1.53 bits per heavy atom. The van der Waals surface area contributed by atoms with Crippen LogP contribution >= 0.6 is 23.4 Å². The molecule has 2 N–H and O–H groups in total. The van der Waals surface area contributed by atoms with Gasteiger partial charge in [-0.05, 0) is 47.6 Å². The van der Waals surface area contributed by atoms with Gasteiger partial charge < -0.3 is 5.73 Å². The molecule has 0 bridgehead atoms. The molecule has 0 amide bonds. The molecule has 15 heavy (non-hydrogen) atoms. The summed E-state index contributed by atoms with van der Waals surface area (Å²) in [7, 11) is 0. The van der Waals surface area contributed by atoms with Crippen LogP contribution in [0.25, 0.3) is 0 Å². The zero-order valence-electron chi connectivity index (χ0n) is 7.18. The van der Waals surface area contributed by atoms with Crippen LogP contribution in [0.1, 0.15) is 0 Å². The predicted octanol–water partition coefficient (Wildman–Crippen LogP) is 3.79. The molecule has 0 unspecified atom stereocenters. The number of rotatable bonds is 3. The van der Waals surface area contributed by atoms with Gasteiger partial charge in [0.15, 0.2) is 0 Å². The SMILES string of the molecule is Nc1ccc(SC(F)(F)C(F)(F)Cl)cc1. The summed E-state index contributed by atoms with van der Waals surface area (Å²) in [6.45, 7) is 0. The van der Waals surface area contributed by atoms with Crippen molar-refractivity contribution in [3.63, 3.8) is 0 Å². The molecule has 84 valence electrons. The fourth-order valence-corrected chi connectivity index (χ4v) is 1.54. The van der Waals surface area contributed by atoms with E-state index in [1.807, 2.05) is 0 Å². The van der Waals surface area contributed by atoms with Gasteiger partial charge >= 0.3 is 10.6 Å². The van der Waals surface area contributed by atoms with Crippen LogP contribution in [0.5, 0.6) is 0 Å². The number of benzene rings is 1. The van der Waals surface area contributed by atoms with Crippen LogP contribution in [0.3, 0.4) is 0 Å². The first kappa shape index (κ1) is 12.4. The van der Waals surface area contributed by atoms with Gasteiger partial charge in [0, 0.05) is 10.6 Å². The standard InChI is InChI=1S/C8H6ClF4NS/c9-7(10,11)8(12,13)15-6-3-1-5(14)2-4-6/h1-4H,14H2. The minimum absolute atomic E-state index is 0.0328. The first-order valence-corrected chi connectivity index (χ1v) is 4.91. The van der Waals surface area contributed by atoms with Crippen molar-refractivity contribution in [2.24, 2.45) is 0 Å². The highest BCUT2D eigenvalue weighted by atomic mass is 35.5. The highest BCUT2D eigenvalue weighted by Crippen LogP contribution is 2.48. The largest absolute Gasteiger partial charge is 0.399 e. The summed E-state index contributed by atoms with van der Waals surface area (Å²) >= 11 is 3.97. The smallest absolute Gasteiger partial charge is 0.394 e. The summed E-state index contributed by atoms with van der Waals surface area (Å²) in [5.74, 6) is 0. The predicted molar refractivity (Wildman–Crippen MR) is 52.5 cm³/mol. The number of anilines is 1. The van der Waals surface area contributed by atoms with E-state index in [0.29, 0.717) is 5.69 Å². The third-order valence-electron chi connectivity index (χ3n) is 1.46. The van der Waals surface area contributed by atoms with E-state index in [1.165, 1.54) is 24.3 Å². The number of alkyl halides is 5. The highest BCUT2D eigenvalue weighted by Gasteiger charge is 2.55. The summed E-state index contributed by atoms with van der Waals surface area (Å²) in [4.78, 5) is -0.0328. The third-order valence-corrected chi connectivity index (χ3v) is 2.83. The van der Waals surface area contributed by atoms with E-state index in [9.17, 15) is 17.6 Å². The molecule has 0 spiro atoms. The Hall–Kier alpha value is -0.620. The van der Waals surface area contributed by atoms with Crippen molar-refractivity contribution in [2.45, 2.75) is 15.5 Å². The van der Waals surface area contributed by atoms with Crippen molar-refractivity contribution in [1.82, 2.24) is 0 Å². The van der Waals surface area contributed by atoms with E-state index < -0.39 is 10.6 Å². The molecule has 1 aromatic carbocycles. The molecule has 0 aliphatic heterocycles. The molecular weight excluding hydrogens is 254 g/mol. The van der Waals surface area contributed by atoms with Gasteiger partial charge in [0.1, 0.15) is 0 Å². The lowest BCUT2D eigenvalue weighted by Crippen LogP contribution is -2.31. The first-order chi connectivity index (χ1) is 6.72. The van der Waals surface area contributed by atoms with Gasteiger partial charge in [0.25, 0.3) is 0 Å². The van der Waals surface area contributed by atoms with Crippen LogP contribution in [0.4, 0.5) is 23.2 Å². The molecule has 0 saturated heterocycles. The Labute approximate surface area is 92.6 Å². The number of nitrogens with two attached hydrogens (primary N) is 1. The van der Waals surface area contributed by atoms with Crippen LogP contribution in [-0.2, 0) is 0 Å². The van der Waals surface area contributed by atoms with E-state index in [1.54, 1.807) is 0 Å². The fourth-order valence-electron chi connectivity index (χ4n) is 0.742. The molecule has 1 nitrogen and oxygen atoms in total. The molecule has 1 rings (SSSR count). The zero-order valence-corrected chi connectivity index (χ0v) is 8.76. The number of hydrogen-bond donors (Lipinski definition) is 1. The lowest BCUT2D eigenvalue weighted by atomic mass is 10.3. The molecule has 0 radical (unpaired) electrons. The normalized spacial score (nSPS) is 12.9. The second-order valence-corrected chi connectivity index (χ2v) is 4.35. The van der Waals surface area contributed by atoms with Gasteiger partial charge in [-0.3, -0.25) is 0 Å². The van der Waals surface area contributed by atoms with Gasteiger partial charge in [0.2, 0.25) is 0 Å². The molecule has 7 heteroatoms. The number of thioether (sulfide) groups is 1. The molecule has 1 aromatic rings. The lowest BCUT2D eigenvalue weighted by molar-refractivity contribution is -0.0897. The summed E-state index contributed by atoms with van der Waals surface area (Å²) in [6, 6.07) is 5.11. The summed E-state index contributed by atoms with van der Waals surface area (Å²) in [6.07, 6.45) is 0. The molecular formula is C8H6ClF4NS. The molecule has 0 saturated carbocycles. The Kier molecular flexibility index (Phi) is 3.40. The second kappa shape index (κ2) is 4.09. The monoisotopic (exact) mass is 259 g/mol. The van der Waals surface area contributed by atoms with Crippen LogP contribution in [0.15, 0.2) is 29.2 Å². The van der Waals surface area contributed by atoms with E-state index in [4.69, 9.17) is 5.73 Å². The number of nitrogen functional groups attached to an aromatic ring is 1. The fraction of sp³-hybridized carbons (Fsp3) is 0.250.